The van der Waals surface area contributed by atoms with E-state index in [9.17, 15) is 0 Å². The Morgan fingerprint density at radius 1 is 1.18 bits per heavy atom. The van der Waals surface area contributed by atoms with Crippen LogP contribution in [0.4, 0.5) is 0 Å². The molecule has 0 atom stereocenters. The molecule has 0 bridgehead atoms. The highest BCUT2D eigenvalue weighted by Crippen LogP contribution is 2.27. The Bertz CT molecular complexity index is 301. The molecule has 0 amide bonds. The van der Waals surface area contributed by atoms with E-state index in [0.717, 1.165) is 18.5 Å². The van der Waals surface area contributed by atoms with E-state index in [1.807, 2.05) is 18.2 Å². The van der Waals surface area contributed by atoms with Crippen LogP contribution in [0.15, 0.2) is 18.2 Å². The van der Waals surface area contributed by atoms with Crippen LogP contribution >= 0.6 is 0 Å². The first kappa shape index (κ1) is 15.7. The Kier molecular flexibility index (Phi) is 9.19. The lowest BCUT2D eigenvalue weighted by Gasteiger charge is -2.08. The highest BCUT2D eigenvalue weighted by atomic mass is 16.5. The molecule has 0 saturated carbocycles. The fourth-order valence-corrected chi connectivity index (χ4v) is 1.17. The van der Waals surface area contributed by atoms with E-state index < -0.39 is 0 Å². The molecule has 4 nitrogen and oxygen atoms in total. The van der Waals surface area contributed by atoms with Crippen LogP contribution < -0.4 is 15.2 Å². The molecular weight excluding hydrogens is 218 g/mol. The number of nitrogens with two attached hydrogens (primary N) is 1. The van der Waals surface area contributed by atoms with Crippen molar-refractivity contribution in [2.75, 3.05) is 27.4 Å². The van der Waals surface area contributed by atoms with Gasteiger partial charge in [-0.05, 0) is 37.1 Å². The highest BCUT2D eigenvalue weighted by Gasteiger charge is 2.03. The van der Waals surface area contributed by atoms with Crippen LogP contribution in [-0.4, -0.2) is 32.5 Å². The van der Waals surface area contributed by atoms with Crippen molar-refractivity contribution in [1.29, 1.82) is 0 Å². The molecule has 98 valence electrons. The summed E-state index contributed by atoms with van der Waals surface area (Å²) >= 11 is 0. The molecule has 4 heteroatoms. The van der Waals surface area contributed by atoms with Crippen LogP contribution in [0.2, 0.25) is 0 Å². The second-order valence-corrected chi connectivity index (χ2v) is 3.45. The smallest absolute Gasteiger partial charge is 0.160 e. The van der Waals surface area contributed by atoms with Crippen molar-refractivity contribution < 1.29 is 14.6 Å². The molecule has 0 unspecified atom stereocenters. The molecule has 0 heterocycles. The van der Waals surface area contributed by atoms with Gasteiger partial charge in [0, 0.05) is 6.61 Å². The number of hydrogen-bond donors (Lipinski definition) is 2. The monoisotopic (exact) mass is 241 g/mol. The van der Waals surface area contributed by atoms with Crippen LogP contribution in [0, 0.1) is 0 Å². The minimum atomic E-state index is 0.148. The number of methoxy groups -OCH3 is 2. The summed E-state index contributed by atoms with van der Waals surface area (Å²) in [6.45, 7) is 3.02. The standard InChI is InChI=1S/C10H14O3.C3H9N/c1-12-9-4-3-8(5-6-11)7-10(9)13-2;1-2-3-4/h3-4,7,11H,5-6H2,1-2H3;2-4H2,1H3. The fourth-order valence-electron chi connectivity index (χ4n) is 1.17. The summed E-state index contributed by atoms with van der Waals surface area (Å²) in [7, 11) is 3.20. The van der Waals surface area contributed by atoms with Gasteiger partial charge in [-0.15, -0.1) is 0 Å². The average Bonchev–Trinajstić information content (AvgIpc) is 2.39. The maximum Gasteiger partial charge on any atom is 0.160 e. The van der Waals surface area contributed by atoms with E-state index in [4.69, 9.17) is 20.3 Å². The molecule has 1 aromatic carbocycles. The molecular formula is C13H23NO3. The Morgan fingerprint density at radius 3 is 2.18 bits per heavy atom. The summed E-state index contributed by atoms with van der Waals surface area (Å²) in [6, 6.07) is 5.62. The predicted octanol–water partition coefficient (Wildman–Crippen LogP) is 1.59. The summed E-state index contributed by atoms with van der Waals surface area (Å²) < 4.78 is 10.2. The van der Waals surface area contributed by atoms with Crippen molar-refractivity contribution in [2.24, 2.45) is 5.73 Å². The number of aliphatic hydroxyl groups is 1. The number of benzene rings is 1. The summed E-state index contributed by atoms with van der Waals surface area (Å²) in [5, 5.41) is 8.74. The molecule has 0 aliphatic carbocycles. The Hall–Kier alpha value is -1.26. The maximum absolute atomic E-state index is 8.74. The first-order chi connectivity index (χ1) is 8.23. The van der Waals surface area contributed by atoms with Crippen molar-refractivity contribution in [1.82, 2.24) is 0 Å². The first-order valence-electron chi connectivity index (χ1n) is 5.75. The lowest BCUT2D eigenvalue weighted by Crippen LogP contribution is -1.94. The van der Waals surface area contributed by atoms with Gasteiger partial charge in [0.1, 0.15) is 0 Å². The molecule has 0 saturated heterocycles. The molecule has 3 N–H and O–H groups in total. The number of ether oxygens (including phenoxy) is 2. The van der Waals surface area contributed by atoms with Gasteiger partial charge >= 0.3 is 0 Å². The van der Waals surface area contributed by atoms with Gasteiger partial charge in [0.2, 0.25) is 0 Å². The normalized spacial score (nSPS) is 9.24. The third-order valence-electron chi connectivity index (χ3n) is 2.14. The van der Waals surface area contributed by atoms with Gasteiger partial charge < -0.3 is 20.3 Å². The lowest BCUT2D eigenvalue weighted by molar-refractivity contribution is 0.299. The average molecular weight is 241 g/mol. The third kappa shape index (κ3) is 6.14. The molecule has 17 heavy (non-hydrogen) atoms. The molecule has 0 aliphatic rings. The Balaban J connectivity index is 0.000000557. The summed E-state index contributed by atoms with van der Waals surface area (Å²) in [6.07, 6.45) is 1.74. The van der Waals surface area contributed by atoms with E-state index >= 15 is 0 Å². The Morgan fingerprint density at radius 2 is 1.76 bits per heavy atom. The molecule has 1 rings (SSSR count). The van der Waals surface area contributed by atoms with Crippen molar-refractivity contribution in [3.05, 3.63) is 23.8 Å². The van der Waals surface area contributed by atoms with Gasteiger partial charge in [0.15, 0.2) is 11.5 Å². The molecule has 1 aromatic rings. The van der Waals surface area contributed by atoms with Gasteiger partial charge in [-0.25, -0.2) is 0 Å². The quantitative estimate of drug-likeness (QED) is 0.821. The van der Waals surface area contributed by atoms with E-state index in [2.05, 4.69) is 6.92 Å². The fraction of sp³-hybridized carbons (Fsp3) is 0.538. The largest absolute Gasteiger partial charge is 0.493 e. The zero-order chi connectivity index (χ0) is 13.1. The highest BCUT2D eigenvalue weighted by molar-refractivity contribution is 5.42. The van der Waals surface area contributed by atoms with E-state index in [-0.39, 0.29) is 6.61 Å². The minimum Gasteiger partial charge on any atom is -0.493 e. The maximum atomic E-state index is 8.74. The second kappa shape index (κ2) is 9.93. The summed E-state index contributed by atoms with van der Waals surface area (Å²) in [5.41, 5.74) is 6.07. The van der Waals surface area contributed by atoms with Crippen LogP contribution in [0.25, 0.3) is 0 Å². The van der Waals surface area contributed by atoms with Gasteiger partial charge in [-0.2, -0.15) is 0 Å². The molecule has 0 fully saturated rings. The lowest BCUT2D eigenvalue weighted by atomic mass is 10.1. The van der Waals surface area contributed by atoms with E-state index in [0.29, 0.717) is 17.9 Å². The second-order valence-electron chi connectivity index (χ2n) is 3.45. The van der Waals surface area contributed by atoms with Crippen molar-refractivity contribution >= 4 is 0 Å². The van der Waals surface area contributed by atoms with Crippen LogP contribution in [-0.2, 0) is 6.42 Å². The van der Waals surface area contributed by atoms with Gasteiger partial charge in [-0.1, -0.05) is 13.0 Å². The van der Waals surface area contributed by atoms with Crippen molar-refractivity contribution in [3.8, 4) is 11.5 Å². The zero-order valence-electron chi connectivity index (χ0n) is 10.9. The van der Waals surface area contributed by atoms with Crippen molar-refractivity contribution in [2.45, 2.75) is 19.8 Å². The number of aliphatic hydroxyl groups excluding tert-OH is 1. The van der Waals surface area contributed by atoms with Crippen LogP contribution in [0.3, 0.4) is 0 Å². The van der Waals surface area contributed by atoms with Crippen molar-refractivity contribution in [3.63, 3.8) is 0 Å². The molecule has 0 aliphatic heterocycles. The number of rotatable bonds is 5. The minimum absolute atomic E-state index is 0.148. The van der Waals surface area contributed by atoms with Gasteiger partial charge in [0.25, 0.3) is 0 Å². The van der Waals surface area contributed by atoms with Gasteiger partial charge in [0.05, 0.1) is 14.2 Å². The Labute approximate surface area is 103 Å². The third-order valence-corrected chi connectivity index (χ3v) is 2.14. The zero-order valence-corrected chi connectivity index (χ0v) is 10.9. The SMILES string of the molecule is CCCN.COc1ccc(CCO)cc1OC. The molecule has 0 aromatic heterocycles. The molecule has 0 radical (unpaired) electrons. The van der Waals surface area contributed by atoms with E-state index in [1.54, 1.807) is 14.2 Å². The topological polar surface area (TPSA) is 64.7 Å². The molecule has 0 spiro atoms. The first-order valence-corrected chi connectivity index (χ1v) is 5.75. The summed E-state index contributed by atoms with van der Waals surface area (Å²) in [5.74, 6) is 1.41. The van der Waals surface area contributed by atoms with E-state index in [1.165, 1.54) is 0 Å². The summed E-state index contributed by atoms with van der Waals surface area (Å²) in [4.78, 5) is 0. The van der Waals surface area contributed by atoms with Gasteiger partial charge in [-0.3, -0.25) is 0 Å². The predicted molar refractivity (Wildman–Crippen MR) is 69.7 cm³/mol. The van der Waals surface area contributed by atoms with Crippen LogP contribution in [0.5, 0.6) is 11.5 Å². The van der Waals surface area contributed by atoms with Crippen LogP contribution in [0.1, 0.15) is 18.9 Å². The number of hydrogen-bond acceptors (Lipinski definition) is 4.